The summed E-state index contributed by atoms with van der Waals surface area (Å²) in [6.07, 6.45) is 5.62. The van der Waals surface area contributed by atoms with E-state index in [0.29, 0.717) is 22.6 Å². The topological polar surface area (TPSA) is 146 Å². The van der Waals surface area contributed by atoms with Crippen molar-refractivity contribution in [3.05, 3.63) is 59.7 Å². The minimum atomic E-state index is -0.398. The molecule has 0 aromatic heterocycles. The Morgan fingerprint density at radius 2 is 1.05 bits per heavy atom. The molecule has 0 saturated carbocycles. The van der Waals surface area contributed by atoms with E-state index < -0.39 is 11.9 Å². The van der Waals surface area contributed by atoms with Crippen LogP contribution >= 0.6 is 0 Å². The summed E-state index contributed by atoms with van der Waals surface area (Å²) in [5.74, 6) is -0.879. The Kier molecular flexibility index (Phi) is 13.3. The first kappa shape index (κ1) is 30.4. The Morgan fingerprint density at radius 1 is 0.676 bits per heavy atom. The number of hydrogen-bond acceptors (Lipinski definition) is 10. The lowest BCUT2D eigenvalue weighted by Gasteiger charge is -2.03. The Labute approximate surface area is 214 Å². The number of carbonyl (C=O) groups is 4. The van der Waals surface area contributed by atoms with Crippen LogP contribution in [-0.2, 0) is 28.7 Å². The van der Waals surface area contributed by atoms with Crippen molar-refractivity contribution in [3.63, 3.8) is 0 Å². The number of ether oxygens (including phenoxy) is 4. The van der Waals surface area contributed by atoms with Crippen LogP contribution in [0.25, 0.3) is 12.2 Å². The van der Waals surface area contributed by atoms with Crippen LogP contribution in [0.3, 0.4) is 0 Å². The van der Waals surface area contributed by atoms with Crippen molar-refractivity contribution in [1.82, 2.24) is 0 Å². The van der Waals surface area contributed by atoms with E-state index in [9.17, 15) is 29.4 Å². The fourth-order valence-electron chi connectivity index (χ4n) is 2.67. The highest BCUT2D eigenvalue weighted by Crippen LogP contribution is 2.27. The molecule has 0 fully saturated rings. The zero-order chi connectivity index (χ0) is 27.8. The third-order valence-electron chi connectivity index (χ3n) is 4.67. The smallest absolute Gasteiger partial charge is 0.306 e. The van der Waals surface area contributed by atoms with E-state index in [1.165, 1.54) is 52.7 Å². The van der Waals surface area contributed by atoms with Gasteiger partial charge in [0.25, 0.3) is 0 Å². The Morgan fingerprint density at radius 3 is 1.38 bits per heavy atom. The van der Waals surface area contributed by atoms with Crippen molar-refractivity contribution in [2.24, 2.45) is 0 Å². The maximum Gasteiger partial charge on any atom is 0.306 e. The second-order valence-corrected chi connectivity index (χ2v) is 7.29. The molecule has 2 aromatic rings. The number of phenolic OH excluding ortho intramolecular Hbond substituents is 2. The van der Waals surface area contributed by atoms with Gasteiger partial charge in [0.05, 0.1) is 47.7 Å². The molecule has 10 heteroatoms. The largest absolute Gasteiger partial charge is 0.504 e. The van der Waals surface area contributed by atoms with Crippen molar-refractivity contribution in [2.75, 3.05) is 28.4 Å². The highest BCUT2D eigenvalue weighted by molar-refractivity contribution is 6.10. The van der Waals surface area contributed by atoms with Gasteiger partial charge in [0.2, 0.25) is 0 Å². The summed E-state index contributed by atoms with van der Waals surface area (Å²) < 4.78 is 18.6. The summed E-state index contributed by atoms with van der Waals surface area (Å²) in [5, 5.41) is 19.1. The van der Waals surface area contributed by atoms with Gasteiger partial charge in [-0.15, -0.1) is 0 Å². The van der Waals surface area contributed by atoms with Gasteiger partial charge in [0.15, 0.2) is 34.6 Å². The molecule has 0 heterocycles. The van der Waals surface area contributed by atoms with Gasteiger partial charge < -0.3 is 29.2 Å². The van der Waals surface area contributed by atoms with Gasteiger partial charge in [0, 0.05) is 0 Å². The van der Waals surface area contributed by atoms with Crippen molar-refractivity contribution < 1.29 is 48.3 Å². The molecule has 2 rings (SSSR count). The van der Waals surface area contributed by atoms with E-state index in [1.54, 1.807) is 36.4 Å². The van der Waals surface area contributed by atoms with Crippen molar-refractivity contribution in [3.8, 4) is 23.0 Å². The highest BCUT2D eigenvalue weighted by Gasteiger charge is 2.06. The van der Waals surface area contributed by atoms with Gasteiger partial charge >= 0.3 is 11.9 Å². The van der Waals surface area contributed by atoms with Crippen LogP contribution in [0.5, 0.6) is 23.0 Å². The summed E-state index contributed by atoms with van der Waals surface area (Å²) in [5.41, 5.74) is 1.33. The van der Waals surface area contributed by atoms with Crippen molar-refractivity contribution in [1.29, 1.82) is 0 Å². The normalized spacial score (nSPS) is 10.4. The van der Waals surface area contributed by atoms with E-state index in [4.69, 9.17) is 9.47 Å². The number of esters is 2. The lowest BCUT2D eigenvalue weighted by Crippen LogP contribution is -2.06. The minimum absolute atomic E-state index is 0.00662. The zero-order valence-corrected chi connectivity index (χ0v) is 21.1. The Bertz CT molecular complexity index is 1060. The number of methoxy groups -OCH3 is 4. The molecule has 0 atom stereocenters. The molecule has 0 aliphatic heterocycles. The van der Waals surface area contributed by atoms with Gasteiger partial charge in [-0.2, -0.15) is 0 Å². The molecule has 0 aliphatic carbocycles. The molecule has 37 heavy (non-hydrogen) atoms. The number of phenols is 2. The monoisotopic (exact) mass is 514 g/mol. The number of rotatable bonds is 11. The Hall–Kier alpha value is -4.60. The SMILES string of the molecule is COC(=O)CCC(=O)OC.COc1cc(/C=C/C(=O)CC(=O)/C=C/c2ccc(O)c(OC)c2)ccc1O. The number of hydrogen-bond donors (Lipinski definition) is 2. The van der Waals surface area contributed by atoms with E-state index >= 15 is 0 Å². The Balaban J connectivity index is 0.000000580. The number of carbonyl (C=O) groups excluding carboxylic acids is 4. The molecule has 0 aliphatic rings. The molecule has 10 nitrogen and oxygen atoms in total. The van der Waals surface area contributed by atoms with Crippen LogP contribution in [0.2, 0.25) is 0 Å². The molecular weight excluding hydrogens is 484 g/mol. The minimum Gasteiger partial charge on any atom is -0.504 e. The number of benzene rings is 2. The maximum atomic E-state index is 11.9. The predicted octanol–water partition coefficient (Wildman–Crippen LogP) is 3.48. The summed E-state index contributed by atoms with van der Waals surface area (Å²) in [6, 6.07) is 9.34. The fourth-order valence-corrected chi connectivity index (χ4v) is 2.67. The second-order valence-electron chi connectivity index (χ2n) is 7.29. The summed E-state index contributed by atoms with van der Waals surface area (Å²) in [7, 11) is 5.42. The molecule has 0 radical (unpaired) electrons. The standard InChI is InChI=1S/C21H20O6.C6H10O4/c1-26-20-11-14(5-9-18(20)24)3-7-16(22)13-17(23)8-4-15-6-10-19(25)21(12-15)27-2;1-9-5(7)3-4-6(8)10-2/h3-12,24-25H,13H2,1-2H3;3-4H2,1-2H3/b7-3+,8-4+;. The first-order valence-electron chi connectivity index (χ1n) is 10.9. The first-order valence-corrected chi connectivity index (χ1v) is 10.9. The van der Waals surface area contributed by atoms with Crippen LogP contribution in [0, 0.1) is 0 Å². The van der Waals surface area contributed by atoms with Crippen LogP contribution in [0.15, 0.2) is 48.6 Å². The number of aromatic hydroxyl groups is 2. The molecule has 198 valence electrons. The third-order valence-corrected chi connectivity index (χ3v) is 4.67. The molecular formula is C27H30O10. The molecule has 2 N–H and O–H groups in total. The van der Waals surface area contributed by atoms with Crippen LogP contribution in [-0.4, -0.2) is 62.2 Å². The van der Waals surface area contributed by atoms with E-state index in [1.807, 2.05) is 0 Å². The van der Waals surface area contributed by atoms with Crippen molar-refractivity contribution in [2.45, 2.75) is 19.3 Å². The van der Waals surface area contributed by atoms with Gasteiger partial charge in [-0.3, -0.25) is 19.2 Å². The molecule has 2 aromatic carbocycles. The number of ketones is 2. The molecule has 0 amide bonds. The molecule has 0 saturated heterocycles. The number of allylic oxidation sites excluding steroid dienone is 2. The molecule has 0 bridgehead atoms. The second kappa shape index (κ2) is 16.1. The van der Waals surface area contributed by atoms with E-state index in [2.05, 4.69) is 9.47 Å². The summed E-state index contributed by atoms with van der Waals surface area (Å²) in [6.45, 7) is 0. The lowest BCUT2D eigenvalue weighted by molar-refractivity contribution is -0.147. The summed E-state index contributed by atoms with van der Waals surface area (Å²) >= 11 is 0. The quantitative estimate of drug-likeness (QED) is 0.260. The molecule has 0 unspecified atom stereocenters. The van der Waals surface area contributed by atoms with Gasteiger partial charge in [-0.1, -0.05) is 24.3 Å². The fraction of sp³-hybridized carbons (Fsp3) is 0.259. The maximum absolute atomic E-state index is 11.9. The third kappa shape index (κ3) is 11.6. The summed E-state index contributed by atoms with van der Waals surface area (Å²) in [4.78, 5) is 44.7. The van der Waals surface area contributed by atoms with E-state index in [-0.39, 0.29) is 42.3 Å². The average Bonchev–Trinajstić information content (AvgIpc) is 2.90. The molecule has 0 spiro atoms. The zero-order valence-electron chi connectivity index (χ0n) is 21.1. The van der Waals surface area contributed by atoms with Crippen LogP contribution < -0.4 is 9.47 Å². The van der Waals surface area contributed by atoms with Crippen LogP contribution in [0.1, 0.15) is 30.4 Å². The van der Waals surface area contributed by atoms with Crippen LogP contribution in [0.4, 0.5) is 0 Å². The van der Waals surface area contributed by atoms with E-state index in [0.717, 1.165) is 0 Å². The lowest BCUT2D eigenvalue weighted by atomic mass is 10.1. The van der Waals surface area contributed by atoms with Gasteiger partial charge in [-0.05, 0) is 47.5 Å². The van der Waals surface area contributed by atoms with Gasteiger partial charge in [0.1, 0.15) is 0 Å². The predicted molar refractivity (Wildman–Crippen MR) is 135 cm³/mol. The first-order chi connectivity index (χ1) is 17.6. The average molecular weight is 515 g/mol. The van der Waals surface area contributed by atoms with Gasteiger partial charge in [-0.25, -0.2) is 0 Å². The van der Waals surface area contributed by atoms with Crippen molar-refractivity contribution >= 4 is 35.7 Å². The highest BCUT2D eigenvalue weighted by atomic mass is 16.5.